The Balaban J connectivity index is 1.49. The summed E-state index contributed by atoms with van der Waals surface area (Å²) in [6.45, 7) is 2.30. The van der Waals surface area contributed by atoms with Gasteiger partial charge >= 0.3 is 0 Å². The summed E-state index contributed by atoms with van der Waals surface area (Å²) in [4.78, 5) is 3.99. The molecule has 3 nitrogen and oxygen atoms in total. The first kappa shape index (κ1) is 12.6. The number of hydrogen-bond donors (Lipinski definition) is 1. The highest BCUT2D eigenvalue weighted by molar-refractivity contribution is 5.69. The molecule has 0 bridgehead atoms. The maximum Gasteiger partial charge on any atom is 0.130 e. The van der Waals surface area contributed by atoms with Gasteiger partial charge in [0.1, 0.15) is 11.5 Å². The first-order valence-corrected chi connectivity index (χ1v) is 7.48. The van der Waals surface area contributed by atoms with Gasteiger partial charge in [0.05, 0.1) is 0 Å². The molecule has 2 atom stereocenters. The molecule has 106 valence electrons. The van der Waals surface area contributed by atoms with Gasteiger partial charge in [0.15, 0.2) is 0 Å². The molecule has 1 fully saturated rings. The van der Waals surface area contributed by atoms with Crippen LogP contribution in [-0.2, 0) is 0 Å². The number of nitrogens with zero attached hydrogens (tertiary/aromatic N) is 1. The zero-order valence-electron chi connectivity index (χ0n) is 11.8. The molecule has 0 unspecified atom stereocenters. The fraction of sp³-hybridized carbons (Fsp3) is 0.278. The number of benzene rings is 1. The highest BCUT2D eigenvalue weighted by atomic mass is 16.5. The normalized spacial score (nSPS) is 23.7. The van der Waals surface area contributed by atoms with Crippen molar-refractivity contribution in [3.8, 4) is 11.5 Å². The number of ether oxygens (including phenoxy) is 1. The summed E-state index contributed by atoms with van der Waals surface area (Å²) in [7, 11) is 0. The minimum atomic E-state index is 0.729. The molecular formula is C18H18N2O. The van der Waals surface area contributed by atoms with Crippen LogP contribution in [0.2, 0.25) is 0 Å². The van der Waals surface area contributed by atoms with E-state index in [1.165, 1.54) is 17.6 Å². The molecule has 1 saturated heterocycles. The molecule has 0 amide bonds. The van der Waals surface area contributed by atoms with Gasteiger partial charge in [-0.2, -0.15) is 0 Å². The number of rotatable bonds is 3. The van der Waals surface area contributed by atoms with E-state index in [4.69, 9.17) is 4.74 Å². The lowest BCUT2D eigenvalue weighted by molar-refractivity contribution is 0.482. The molecule has 1 aliphatic heterocycles. The Hall–Kier alpha value is -2.13. The predicted octanol–water partition coefficient (Wildman–Crippen LogP) is 3.50. The number of pyridine rings is 1. The summed E-state index contributed by atoms with van der Waals surface area (Å²) in [6, 6.07) is 12.1. The van der Waals surface area contributed by atoms with Crippen molar-refractivity contribution in [3.05, 3.63) is 60.4 Å². The van der Waals surface area contributed by atoms with Crippen molar-refractivity contribution in [2.24, 2.45) is 11.8 Å². The molecule has 4 rings (SSSR count). The molecule has 2 heterocycles. The summed E-state index contributed by atoms with van der Waals surface area (Å²) in [5, 5.41) is 3.46. The molecule has 0 spiro atoms. The van der Waals surface area contributed by atoms with Crippen LogP contribution in [-0.4, -0.2) is 18.1 Å². The summed E-state index contributed by atoms with van der Waals surface area (Å²) in [5.41, 5.74) is 2.81. The SMILES string of the molecule is C1=C(c2ccc(Oc3ccncc3)cc2)C[C@@H]2CNC[C@H]12. The van der Waals surface area contributed by atoms with Gasteiger partial charge in [-0.05, 0) is 60.2 Å². The Bertz CT molecular complexity index is 649. The lowest BCUT2D eigenvalue weighted by Crippen LogP contribution is -2.09. The van der Waals surface area contributed by atoms with Crippen LogP contribution in [0.3, 0.4) is 0 Å². The van der Waals surface area contributed by atoms with Crippen molar-refractivity contribution in [1.29, 1.82) is 0 Å². The third kappa shape index (κ3) is 2.57. The van der Waals surface area contributed by atoms with E-state index in [1.54, 1.807) is 12.4 Å². The van der Waals surface area contributed by atoms with E-state index >= 15 is 0 Å². The van der Waals surface area contributed by atoms with Gasteiger partial charge in [0.25, 0.3) is 0 Å². The predicted molar refractivity (Wildman–Crippen MR) is 83.2 cm³/mol. The molecule has 1 aromatic heterocycles. The van der Waals surface area contributed by atoms with Gasteiger partial charge in [-0.25, -0.2) is 0 Å². The van der Waals surface area contributed by atoms with Gasteiger partial charge in [0, 0.05) is 18.9 Å². The second-order valence-electron chi connectivity index (χ2n) is 5.79. The third-order valence-corrected chi connectivity index (χ3v) is 4.40. The maximum absolute atomic E-state index is 5.80. The number of nitrogens with one attached hydrogen (secondary N) is 1. The van der Waals surface area contributed by atoms with Gasteiger partial charge in [-0.3, -0.25) is 4.98 Å². The largest absolute Gasteiger partial charge is 0.457 e. The zero-order valence-corrected chi connectivity index (χ0v) is 11.8. The van der Waals surface area contributed by atoms with Crippen molar-refractivity contribution < 1.29 is 4.74 Å². The van der Waals surface area contributed by atoms with Gasteiger partial charge in [-0.15, -0.1) is 0 Å². The standard InChI is InChI=1S/C18H18N2O/c1-3-17(21-18-5-7-19-8-6-18)4-2-13(1)14-9-15-11-20-12-16(15)10-14/h1-9,15-16,20H,10-12H2/t15-,16+/m0/s1. The third-order valence-electron chi connectivity index (χ3n) is 4.40. The highest BCUT2D eigenvalue weighted by Gasteiger charge is 2.31. The molecule has 0 saturated carbocycles. The molecule has 2 aromatic rings. The Labute approximate surface area is 124 Å². The zero-order chi connectivity index (χ0) is 14.1. The Morgan fingerprint density at radius 3 is 2.48 bits per heavy atom. The van der Waals surface area contributed by atoms with Crippen molar-refractivity contribution in [1.82, 2.24) is 10.3 Å². The summed E-state index contributed by atoms with van der Waals surface area (Å²) < 4.78 is 5.80. The van der Waals surface area contributed by atoms with Gasteiger partial charge in [0.2, 0.25) is 0 Å². The minimum Gasteiger partial charge on any atom is -0.457 e. The first-order valence-electron chi connectivity index (χ1n) is 7.48. The van der Waals surface area contributed by atoms with E-state index in [-0.39, 0.29) is 0 Å². The topological polar surface area (TPSA) is 34.1 Å². The monoisotopic (exact) mass is 278 g/mol. The van der Waals surface area contributed by atoms with Gasteiger partial charge < -0.3 is 10.1 Å². The summed E-state index contributed by atoms with van der Waals surface area (Å²) >= 11 is 0. The van der Waals surface area contributed by atoms with Crippen LogP contribution in [0.5, 0.6) is 11.5 Å². The Morgan fingerprint density at radius 2 is 1.71 bits per heavy atom. The molecular weight excluding hydrogens is 260 g/mol. The van der Waals surface area contributed by atoms with Crippen LogP contribution in [0, 0.1) is 11.8 Å². The fourth-order valence-electron chi connectivity index (χ4n) is 3.27. The number of fused-ring (bicyclic) bond motifs is 1. The lowest BCUT2D eigenvalue weighted by atomic mass is 9.98. The van der Waals surface area contributed by atoms with E-state index in [9.17, 15) is 0 Å². The average molecular weight is 278 g/mol. The molecule has 1 aromatic carbocycles. The van der Waals surface area contributed by atoms with E-state index in [0.717, 1.165) is 36.4 Å². The molecule has 21 heavy (non-hydrogen) atoms. The van der Waals surface area contributed by atoms with Crippen LogP contribution in [0.15, 0.2) is 54.9 Å². The van der Waals surface area contributed by atoms with Crippen molar-refractivity contribution in [2.75, 3.05) is 13.1 Å². The van der Waals surface area contributed by atoms with Crippen molar-refractivity contribution >= 4 is 5.57 Å². The van der Waals surface area contributed by atoms with Crippen molar-refractivity contribution in [2.45, 2.75) is 6.42 Å². The fourth-order valence-corrected chi connectivity index (χ4v) is 3.27. The van der Waals surface area contributed by atoms with Crippen LogP contribution in [0.25, 0.3) is 5.57 Å². The Kier molecular flexibility index (Phi) is 3.20. The van der Waals surface area contributed by atoms with Gasteiger partial charge in [-0.1, -0.05) is 18.2 Å². The first-order chi connectivity index (χ1) is 10.4. The molecule has 1 aliphatic carbocycles. The van der Waals surface area contributed by atoms with Crippen LogP contribution in [0.1, 0.15) is 12.0 Å². The highest BCUT2D eigenvalue weighted by Crippen LogP contribution is 2.38. The van der Waals surface area contributed by atoms with E-state index in [2.05, 4.69) is 28.5 Å². The minimum absolute atomic E-state index is 0.729. The second kappa shape index (κ2) is 5.34. The van der Waals surface area contributed by atoms with Crippen LogP contribution in [0.4, 0.5) is 0 Å². The molecule has 3 heteroatoms. The molecule has 0 radical (unpaired) electrons. The van der Waals surface area contributed by atoms with Crippen LogP contribution >= 0.6 is 0 Å². The molecule has 1 N–H and O–H groups in total. The van der Waals surface area contributed by atoms with E-state index in [0.29, 0.717) is 0 Å². The number of aromatic nitrogens is 1. The summed E-state index contributed by atoms with van der Waals surface area (Å²) in [5.74, 6) is 3.21. The van der Waals surface area contributed by atoms with Crippen LogP contribution < -0.4 is 10.1 Å². The van der Waals surface area contributed by atoms with E-state index in [1.807, 2.05) is 24.3 Å². The smallest absolute Gasteiger partial charge is 0.130 e. The van der Waals surface area contributed by atoms with Crippen molar-refractivity contribution in [3.63, 3.8) is 0 Å². The Morgan fingerprint density at radius 1 is 0.952 bits per heavy atom. The molecule has 2 aliphatic rings. The number of allylic oxidation sites excluding steroid dienone is 1. The lowest BCUT2D eigenvalue weighted by Gasteiger charge is -2.08. The summed E-state index contributed by atoms with van der Waals surface area (Å²) in [6.07, 6.45) is 7.12. The van der Waals surface area contributed by atoms with E-state index < -0.39 is 0 Å². The number of hydrogen-bond acceptors (Lipinski definition) is 3. The quantitative estimate of drug-likeness (QED) is 0.933. The maximum atomic E-state index is 5.80. The second-order valence-corrected chi connectivity index (χ2v) is 5.79. The average Bonchev–Trinajstić information content (AvgIpc) is 3.10.